The standard InChI is InChI=1S/C18H21N3O4.Na/c1-4-18(5-2,15(22)23)16(24)25-17(3,13-6-9-19-10-7-13)14-8-11-20-12-21-14;/h6-12H,4-5H2,1-3H3,(H,22,23);/q;+1/p-1. The van der Waals surface area contributed by atoms with Crippen molar-refractivity contribution < 1.29 is 49.0 Å². The summed E-state index contributed by atoms with van der Waals surface area (Å²) in [6, 6.07) is 4.99. The summed E-state index contributed by atoms with van der Waals surface area (Å²) in [7, 11) is 0. The van der Waals surface area contributed by atoms with Crippen LogP contribution in [0.2, 0.25) is 0 Å². The maximum Gasteiger partial charge on any atom is 1.00 e. The second-order valence-electron chi connectivity index (χ2n) is 5.83. The molecule has 8 heteroatoms. The molecule has 0 aromatic carbocycles. The van der Waals surface area contributed by atoms with Crippen molar-refractivity contribution in [3.63, 3.8) is 0 Å². The fourth-order valence-corrected chi connectivity index (χ4v) is 2.70. The van der Waals surface area contributed by atoms with E-state index in [1.165, 1.54) is 12.5 Å². The van der Waals surface area contributed by atoms with Crippen molar-refractivity contribution in [2.75, 3.05) is 0 Å². The number of carboxylic acids is 1. The first-order valence-corrected chi connectivity index (χ1v) is 8.02. The molecule has 26 heavy (non-hydrogen) atoms. The minimum Gasteiger partial charge on any atom is -0.549 e. The van der Waals surface area contributed by atoms with E-state index in [9.17, 15) is 14.7 Å². The molecule has 0 spiro atoms. The summed E-state index contributed by atoms with van der Waals surface area (Å²) in [5.41, 5.74) is -1.94. The predicted molar refractivity (Wildman–Crippen MR) is 86.8 cm³/mol. The smallest absolute Gasteiger partial charge is 0.549 e. The van der Waals surface area contributed by atoms with Crippen molar-refractivity contribution in [1.29, 1.82) is 0 Å². The minimum absolute atomic E-state index is 0. The average molecular weight is 365 g/mol. The zero-order valence-electron chi connectivity index (χ0n) is 15.4. The quantitative estimate of drug-likeness (QED) is 0.325. The number of carboxylic acid groups (broad SMARTS) is 1. The molecular formula is C18H20N3NaO4. The van der Waals surface area contributed by atoms with E-state index >= 15 is 0 Å². The van der Waals surface area contributed by atoms with Gasteiger partial charge in [-0.3, -0.25) is 9.78 Å². The van der Waals surface area contributed by atoms with Crippen molar-refractivity contribution in [3.05, 3.63) is 54.4 Å². The Morgan fingerprint density at radius 3 is 2.12 bits per heavy atom. The number of rotatable bonds is 7. The summed E-state index contributed by atoms with van der Waals surface area (Å²) < 4.78 is 5.74. The number of carbonyl (C=O) groups excluding carboxylic acids is 2. The molecule has 0 bridgehead atoms. The van der Waals surface area contributed by atoms with Crippen LogP contribution >= 0.6 is 0 Å². The van der Waals surface area contributed by atoms with Crippen LogP contribution in [-0.4, -0.2) is 26.9 Å². The van der Waals surface area contributed by atoms with Gasteiger partial charge in [0.2, 0.25) is 0 Å². The van der Waals surface area contributed by atoms with Gasteiger partial charge in [0.1, 0.15) is 11.7 Å². The molecule has 0 aliphatic carbocycles. The molecule has 2 aromatic rings. The van der Waals surface area contributed by atoms with Gasteiger partial charge in [-0.25, -0.2) is 9.97 Å². The normalized spacial score (nSPS) is 13.2. The van der Waals surface area contributed by atoms with E-state index in [0.717, 1.165) is 0 Å². The topological polar surface area (TPSA) is 105 Å². The largest absolute Gasteiger partial charge is 1.00 e. The Labute approximate surface area is 174 Å². The minimum atomic E-state index is -1.71. The van der Waals surface area contributed by atoms with Gasteiger partial charge < -0.3 is 14.6 Å². The first-order valence-electron chi connectivity index (χ1n) is 8.02. The molecule has 132 valence electrons. The molecule has 0 fully saturated rings. The Balaban J connectivity index is 0.00000338. The van der Waals surface area contributed by atoms with Crippen molar-refractivity contribution >= 4 is 11.9 Å². The van der Waals surface area contributed by atoms with Gasteiger partial charge in [-0.15, -0.1) is 0 Å². The van der Waals surface area contributed by atoms with Crippen LogP contribution in [0.5, 0.6) is 0 Å². The van der Waals surface area contributed by atoms with Gasteiger partial charge in [0.25, 0.3) is 0 Å². The third-order valence-electron chi connectivity index (χ3n) is 4.59. The van der Waals surface area contributed by atoms with E-state index in [1.54, 1.807) is 51.4 Å². The van der Waals surface area contributed by atoms with E-state index in [4.69, 9.17) is 4.74 Å². The molecule has 0 aliphatic rings. The summed E-state index contributed by atoms with van der Waals surface area (Å²) >= 11 is 0. The van der Waals surface area contributed by atoms with Gasteiger partial charge >= 0.3 is 35.5 Å². The number of pyridine rings is 1. The van der Waals surface area contributed by atoms with E-state index in [1.807, 2.05) is 0 Å². The molecule has 1 atom stereocenters. The Kier molecular flexibility index (Phi) is 7.87. The maximum atomic E-state index is 12.8. The van der Waals surface area contributed by atoms with Gasteiger partial charge in [0.05, 0.1) is 11.7 Å². The number of aromatic nitrogens is 3. The van der Waals surface area contributed by atoms with Crippen LogP contribution in [0.4, 0.5) is 0 Å². The third kappa shape index (κ3) is 4.11. The molecule has 0 saturated carbocycles. The van der Waals surface area contributed by atoms with E-state index in [-0.39, 0.29) is 42.4 Å². The zero-order valence-corrected chi connectivity index (χ0v) is 17.4. The first kappa shape index (κ1) is 22.2. The molecule has 2 aromatic heterocycles. The maximum absolute atomic E-state index is 12.8. The van der Waals surface area contributed by atoms with E-state index < -0.39 is 23.0 Å². The second-order valence-corrected chi connectivity index (χ2v) is 5.83. The van der Waals surface area contributed by atoms with Crippen molar-refractivity contribution in [1.82, 2.24) is 15.0 Å². The van der Waals surface area contributed by atoms with Crippen LogP contribution in [0.15, 0.2) is 43.1 Å². The number of carbonyl (C=O) groups is 2. The van der Waals surface area contributed by atoms with Crippen LogP contribution in [0.25, 0.3) is 0 Å². The first-order chi connectivity index (χ1) is 11.9. The molecule has 0 N–H and O–H groups in total. The molecule has 0 aliphatic heterocycles. The molecule has 1 unspecified atom stereocenters. The predicted octanol–water partition coefficient (Wildman–Crippen LogP) is -1.76. The van der Waals surface area contributed by atoms with Crippen LogP contribution in [-0.2, 0) is 19.9 Å². The van der Waals surface area contributed by atoms with Crippen LogP contribution in [0.3, 0.4) is 0 Å². The Morgan fingerprint density at radius 2 is 1.65 bits per heavy atom. The number of ether oxygens (including phenoxy) is 1. The molecule has 0 amide bonds. The fourth-order valence-electron chi connectivity index (χ4n) is 2.70. The molecule has 7 nitrogen and oxygen atoms in total. The number of aliphatic carboxylic acids is 1. The monoisotopic (exact) mass is 365 g/mol. The van der Waals surface area contributed by atoms with E-state index in [2.05, 4.69) is 15.0 Å². The third-order valence-corrected chi connectivity index (χ3v) is 4.59. The molecule has 0 saturated heterocycles. The Morgan fingerprint density at radius 1 is 1.08 bits per heavy atom. The Hall–Kier alpha value is -1.83. The van der Waals surface area contributed by atoms with Gasteiger partial charge in [0, 0.05) is 24.2 Å². The van der Waals surface area contributed by atoms with Crippen LogP contribution in [0.1, 0.15) is 44.9 Å². The summed E-state index contributed by atoms with van der Waals surface area (Å²) in [4.78, 5) is 36.5. The SMILES string of the molecule is CCC(CC)(C(=O)[O-])C(=O)OC(C)(c1ccncc1)c1ccncn1.[Na+]. The van der Waals surface area contributed by atoms with Gasteiger partial charge in [-0.2, -0.15) is 0 Å². The molecule has 2 heterocycles. The van der Waals surface area contributed by atoms with Gasteiger partial charge in [0.15, 0.2) is 5.60 Å². The summed E-state index contributed by atoms with van der Waals surface area (Å²) in [6.45, 7) is 4.90. The number of esters is 1. The van der Waals surface area contributed by atoms with Crippen molar-refractivity contribution in [3.8, 4) is 0 Å². The molecule has 2 rings (SSSR count). The van der Waals surface area contributed by atoms with E-state index in [0.29, 0.717) is 11.3 Å². The second kappa shape index (κ2) is 9.21. The van der Waals surface area contributed by atoms with Gasteiger partial charge in [-0.05, 0) is 38.0 Å². The summed E-state index contributed by atoms with van der Waals surface area (Å²) in [5, 5.41) is 11.6. The fraction of sp³-hybridized carbons (Fsp3) is 0.389. The summed E-state index contributed by atoms with van der Waals surface area (Å²) in [5.74, 6) is -2.29. The zero-order chi connectivity index (χ0) is 18.5. The number of hydrogen-bond donors (Lipinski definition) is 0. The molecular weight excluding hydrogens is 345 g/mol. The van der Waals surface area contributed by atoms with Crippen molar-refractivity contribution in [2.45, 2.75) is 39.2 Å². The average Bonchev–Trinajstić information content (AvgIpc) is 2.64. The van der Waals surface area contributed by atoms with Gasteiger partial charge in [-0.1, -0.05) is 13.8 Å². The van der Waals surface area contributed by atoms with Crippen molar-refractivity contribution in [2.24, 2.45) is 5.41 Å². The number of hydrogen-bond acceptors (Lipinski definition) is 7. The Bertz CT molecular complexity index is 697. The van der Waals surface area contributed by atoms with Crippen LogP contribution < -0.4 is 34.7 Å². The molecule has 0 radical (unpaired) electrons. The summed E-state index contributed by atoms with van der Waals surface area (Å²) in [6.07, 6.45) is 6.14. The number of nitrogens with zero attached hydrogens (tertiary/aromatic N) is 3. The van der Waals surface area contributed by atoms with Crippen LogP contribution in [0, 0.1) is 5.41 Å².